The Bertz CT molecular complexity index is 943. The lowest BCUT2D eigenvalue weighted by Crippen LogP contribution is -2.14. The van der Waals surface area contributed by atoms with Gasteiger partial charge in [0, 0.05) is 18.8 Å². The predicted molar refractivity (Wildman–Crippen MR) is 102 cm³/mol. The first kappa shape index (κ1) is 21.3. The highest BCUT2D eigenvalue weighted by Crippen LogP contribution is 2.28. The fraction of sp³-hybridized carbons (Fsp3) is 0.286. The zero-order chi connectivity index (χ0) is 20.0. The largest absolute Gasteiger partial charge is 0.492 e. The van der Waals surface area contributed by atoms with Gasteiger partial charge in [-0.15, -0.1) is 0 Å². The van der Waals surface area contributed by atoms with Crippen LogP contribution < -0.4 is 15.2 Å². The molecule has 10 nitrogen and oxygen atoms in total. The van der Waals surface area contributed by atoms with Crippen LogP contribution in [0.2, 0.25) is 5.28 Å². The molecule has 0 spiro atoms. The molecule has 2 rings (SSSR count). The number of rotatable bonds is 9. The second kappa shape index (κ2) is 9.26. The van der Waals surface area contributed by atoms with Gasteiger partial charge in [-0.05, 0) is 46.4 Å². The van der Waals surface area contributed by atoms with Crippen molar-refractivity contribution in [2.45, 2.75) is 17.7 Å². The molecule has 0 bridgehead atoms. The van der Waals surface area contributed by atoms with Crippen LogP contribution in [0.5, 0.6) is 5.75 Å². The standard InChI is InChI=1S/C14H15BrClN5O5S/c15-10-8-19-14(16)20-13(10)18-5-1-2-6-26-11-7-9(21(22)23)3-4-12(11)27(17,24)25/h3-4,7-8H,1-2,5-6H2,(H2,17,24,25)(H,18,19,20). The topological polar surface area (TPSA) is 150 Å². The molecule has 3 N–H and O–H groups in total. The van der Waals surface area contributed by atoms with E-state index < -0.39 is 14.9 Å². The molecule has 0 radical (unpaired) electrons. The van der Waals surface area contributed by atoms with Crippen molar-refractivity contribution in [3.63, 3.8) is 0 Å². The van der Waals surface area contributed by atoms with Gasteiger partial charge in [-0.25, -0.2) is 18.5 Å². The van der Waals surface area contributed by atoms with E-state index in [1.54, 1.807) is 0 Å². The van der Waals surface area contributed by atoms with Crippen LogP contribution in [0.4, 0.5) is 11.5 Å². The second-order valence-corrected chi connectivity index (χ2v) is 7.97. The van der Waals surface area contributed by atoms with Crippen LogP contribution in [-0.2, 0) is 10.0 Å². The van der Waals surface area contributed by atoms with Gasteiger partial charge >= 0.3 is 0 Å². The maximum absolute atomic E-state index is 11.6. The number of hydrogen-bond acceptors (Lipinski definition) is 8. The van der Waals surface area contributed by atoms with Gasteiger partial charge in [-0.2, -0.15) is 4.98 Å². The summed E-state index contributed by atoms with van der Waals surface area (Å²) in [5, 5.41) is 19.1. The highest BCUT2D eigenvalue weighted by molar-refractivity contribution is 9.10. The molecule has 0 amide bonds. The van der Waals surface area contributed by atoms with Crippen molar-refractivity contribution in [1.82, 2.24) is 9.97 Å². The number of aromatic nitrogens is 2. The van der Waals surface area contributed by atoms with E-state index in [9.17, 15) is 18.5 Å². The summed E-state index contributed by atoms with van der Waals surface area (Å²) < 4.78 is 29.2. The average Bonchev–Trinajstić information content (AvgIpc) is 2.59. The van der Waals surface area contributed by atoms with Crippen LogP contribution in [0.25, 0.3) is 0 Å². The number of nitrogens with zero attached hydrogens (tertiary/aromatic N) is 3. The van der Waals surface area contributed by atoms with Crippen molar-refractivity contribution in [3.8, 4) is 5.75 Å². The van der Waals surface area contributed by atoms with Gasteiger partial charge in [0.1, 0.15) is 16.5 Å². The highest BCUT2D eigenvalue weighted by atomic mass is 79.9. The predicted octanol–water partition coefficient (Wildman–Crippen LogP) is 2.72. The summed E-state index contributed by atoms with van der Waals surface area (Å²) in [5.74, 6) is 0.399. The van der Waals surface area contributed by atoms with E-state index in [0.717, 1.165) is 18.2 Å². The van der Waals surface area contributed by atoms with E-state index in [0.29, 0.717) is 29.7 Å². The fourth-order valence-corrected chi connectivity index (χ4v) is 3.16. The molecule has 0 aliphatic heterocycles. The zero-order valence-corrected chi connectivity index (χ0v) is 16.9. The molecule has 146 valence electrons. The summed E-state index contributed by atoms with van der Waals surface area (Å²) >= 11 is 9.02. The molecule has 2 aromatic rings. The number of benzene rings is 1. The Hall–Kier alpha value is -2.02. The second-order valence-electron chi connectivity index (χ2n) is 5.25. The summed E-state index contributed by atoms with van der Waals surface area (Å²) in [4.78, 5) is 17.8. The Balaban J connectivity index is 1.90. The lowest BCUT2D eigenvalue weighted by atomic mass is 10.3. The van der Waals surface area contributed by atoms with Crippen LogP contribution in [0.3, 0.4) is 0 Å². The minimum atomic E-state index is -4.06. The van der Waals surface area contributed by atoms with Crippen LogP contribution in [0, 0.1) is 10.1 Å². The van der Waals surface area contributed by atoms with Crippen molar-refractivity contribution in [2.75, 3.05) is 18.5 Å². The summed E-state index contributed by atoms with van der Waals surface area (Å²) in [6.07, 6.45) is 2.74. The normalized spacial score (nSPS) is 11.2. The number of nitrogens with two attached hydrogens (primary N) is 1. The lowest BCUT2D eigenvalue weighted by molar-refractivity contribution is -0.385. The summed E-state index contributed by atoms with van der Waals surface area (Å²) in [6.45, 7) is 0.698. The Labute approximate surface area is 168 Å². The molecule has 0 saturated carbocycles. The molecule has 0 atom stereocenters. The van der Waals surface area contributed by atoms with E-state index in [-0.39, 0.29) is 28.2 Å². The molecule has 0 saturated heterocycles. The summed E-state index contributed by atoms with van der Waals surface area (Å²) in [7, 11) is -4.06. The minimum Gasteiger partial charge on any atom is -0.492 e. The number of unbranched alkanes of at least 4 members (excludes halogenated alkanes) is 1. The molecule has 1 heterocycles. The average molecular weight is 481 g/mol. The number of nitrogens with one attached hydrogen (secondary N) is 1. The number of non-ortho nitro benzene ring substituents is 1. The minimum absolute atomic E-state index is 0.116. The number of sulfonamides is 1. The van der Waals surface area contributed by atoms with Gasteiger partial charge in [0.25, 0.3) is 5.69 Å². The van der Waals surface area contributed by atoms with Gasteiger partial charge in [0.15, 0.2) is 0 Å². The monoisotopic (exact) mass is 479 g/mol. The first-order chi connectivity index (χ1) is 12.7. The van der Waals surface area contributed by atoms with E-state index in [2.05, 4.69) is 31.2 Å². The molecule has 0 unspecified atom stereocenters. The van der Waals surface area contributed by atoms with E-state index in [1.807, 2.05) is 0 Å². The number of hydrogen-bond donors (Lipinski definition) is 2. The van der Waals surface area contributed by atoms with Crippen molar-refractivity contribution >= 4 is 49.1 Å². The van der Waals surface area contributed by atoms with E-state index >= 15 is 0 Å². The fourth-order valence-electron chi connectivity index (χ4n) is 2.04. The third-order valence-corrected chi connectivity index (χ3v) is 4.99. The van der Waals surface area contributed by atoms with Gasteiger partial charge in [0.05, 0.1) is 22.1 Å². The Morgan fingerprint density at radius 1 is 1.37 bits per heavy atom. The molecule has 13 heteroatoms. The summed E-state index contributed by atoms with van der Waals surface area (Å²) in [5.41, 5.74) is -0.287. The number of ether oxygens (including phenoxy) is 1. The van der Waals surface area contributed by atoms with Crippen LogP contribution in [-0.4, -0.2) is 36.5 Å². The van der Waals surface area contributed by atoms with Crippen LogP contribution in [0.1, 0.15) is 12.8 Å². The Kier molecular flexibility index (Phi) is 7.30. The molecule has 1 aromatic carbocycles. The first-order valence-electron chi connectivity index (χ1n) is 7.54. The van der Waals surface area contributed by atoms with Crippen molar-refractivity contribution in [1.29, 1.82) is 0 Å². The van der Waals surface area contributed by atoms with Gasteiger partial charge in [-0.1, -0.05) is 0 Å². The molecular formula is C14H15BrClN5O5S. The third kappa shape index (κ3) is 6.27. The van der Waals surface area contributed by atoms with Gasteiger partial charge in [-0.3, -0.25) is 10.1 Å². The Morgan fingerprint density at radius 2 is 2.11 bits per heavy atom. The van der Waals surface area contributed by atoms with E-state index in [4.69, 9.17) is 21.5 Å². The summed E-state index contributed by atoms with van der Waals surface area (Å²) in [6, 6.07) is 3.15. The number of nitro groups is 1. The maximum Gasteiger partial charge on any atom is 0.273 e. The first-order valence-corrected chi connectivity index (χ1v) is 10.3. The smallest absolute Gasteiger partial charge is 0.273 e. The lowest BCUT2D eigenvalue weighted by Gasteiger charge is -2.11. The SMILES string of the molecule is NS(=O)(=O)c1ccc([N+](=O)[O-])cc1OCCCCNc1nc(Cl)ncc1Br. The van der Waals surface area contributed by atoms with Crippen molar-refractivity contribution < 1.29 is 18.1 Å². The van der Waals surface area contributed by atoms with Crippen molar-refractivity contribution in [3.05, 3.63) is 44.3 Å². The quantitative estimate of drug-likeness (QED) is 0.241. The molecule has 1 aromatic heterocycles. The highest BCUT2D eigenvalue weighted by Gasteiger charge is 2.19. The van der Waals surface area contributed by atoms with Gasteiger partial charge < -0.3 is 10.1 Å². The van der Waals surface area contributed by atoms with E-state index in [1.165, 1.54) is 6.20 Å². The third-order valence-electron chi connectivity index (χ3n) is 3.28. The molecule has 0 aliphatic rings. The molecular weight excluding hydrogens is 466 g/mol. The number of halogens is 2. The zero-order valence-electron chi connectivity index (χ0n) is 13.8. The van der Waals surface area contributed by atoms with Crippen LogP contribution >= 0.6 is 27.5 Å². The van der Waals surface area contributed by atoms with Gasteiger partial charge in [0.2, 0.25) is 15.3 Å². The number of nitro benzene ring substituents is 1. The molecule has 27 heavy (non-hydrogen) atoms. The van der Waals surface area contributed by atoms with Crippen molar-refractivity contribution in [2.24, 2.45) is 5.14 Å². The molecule has 0 aliphatic carbocycles. The van der Waals surface area contributed by atoms with Crippen LogP contribution in [0.15, 0.2) is 33.8 Å². The molecule has 0 fully saturated rings. The number of primary sulfonamides is 1. The maximum atomic E-state index is 11.6. The number of anilines is 1. The Morgan fingerprint density at radius 3 is 2.78 bits per heavy atom.